The molecular formula is C13H18BrClN2. The Labute approximate surface area is 116 Å². The Morgan fingerprint density at radius 2 is 2.18 bits per heavy atom. The minimum atomic E-state index is 0.177. The van der Waals surface area contributed by atoms with Gasteiger partial charge in [0.25, 0.3) is 0 Å². The van der Waals surface area contributed by atoms with Gasteiger partial charge in [0.15, 0.2) is 0 Å². The minimum absolute atomic E-state index is 0.177. The highest BCUT2D eigenvalue weighted by Gasteiger charge is 2.35. The van der Waals surface area contributed by atoms with Crippen LogP contribution in [0.1, 0.15) is 31.9 Å². The summed E-state index contributed by atoms with van der Waals surface area (Å²) in [5.74, 6) is 0. The van der Waals surface area contributed by atoms with Crippen molar-refractivity contribution < 1.29 is 0 Å². The van der Waals surface area contributed by atoms with Crippen molar-refractivity contribution in [2.24, 2.45) is 5.73 Å². The summed E-state index contributed by atoms with van der Waals surface area (Å²) in [6.07, 6.45) is 1.04. The number of nitrogens with two attached hydrogens (primary N) is 1. The van der Waals surface area contributed by atoms with Gasteiger partial charge in [-0.1, -0.05) is 33.6 Å². The second kappa shape index (κ2) is 5.27. The van der Waals surface area contributed by atoms with Crippen LogP contribution in [0.15, 0.2) is 22.7 Å². The number of nitrogens with zero attached hydrogens (tertiary/aromatic N) is 1. The minimum Gasteiger partial charge on any atom is -0.326 e. The molecule has 0 aromatic heterocycles. The van der Waals surface area contributed by atoms with E-state index < -0.39 is 0 Å². The van der Waals surface area contributed by atoms with Gasteiger partial charge < -0.3 is 5.73 Å². The molecule has 1 saturated heterocycles. The lowest BCUT2D eigenvalue weighted by Gasteiger charge is -2.31. The predicted molar refractivity (Wildman–Crippen MR) is 76.3 cm³/mol. The first-order valence-corrected chi connectivity index (χ1v) is 7.14. The average molecular weight is 318 g/mol. The van der Waals surface area contributed by atoms with Crippen LogP contribution in [0.25, 0.3) is 0 Å². The van der Waals surface area contributed by atoms with E-state index in [0.717, 1.165) is 28.0 Å². The van der Waals surface area contributed by atoms with Gasteiger partial charge in [-0.15, -0.1) is 0 Å². The van der Waals surface area contributed by atoms with Gasteiger partial charge in [0.1, 0.15) is 0 Å². The molecule has 0 radical (unpaired) electrons. The molecule has 0 saturated carbocycles. The third-order valence-corrected chi connectivity index (χ3v) is 4.25. The Balaban J connectivity index is 2.36. The molecule has 2 nitrogen and oxygen atoms in total. The SMILES string of the molecule is CC(C)N1CCC(N)C1c1ccc(Br)cc1Cl. The quantitative estimate of drug-likeness (QED) is 0.903. The molecule has 1 heterocycles. The van der Waals surface area contributed by atoms with Crippen LogP contribution >= 0.6 is 27.5 Å². The molecule has 1 aliphatic heterocycles. The van der Waals surface area contributed by atoms with Crippen molar-refractivity contribution >= 4 is 27.5 Å². The van der Waals surface area contributed by atoms with E-state index >= 15 is 0 Å². The van der Waals surface area contributed by atoms with Gasteiger partial charge in [-0.25, -0.2) is 0 Å². The van der Waals surface area contributed by atoms with E-state index in [-0.39, 0.29) is 12.1 Å². The van der Waals surface area contributed by atoms with Crippen LogP contribution in [-0.2, 0) is 0 Å². The summed E-state index contributed by atoms with van der Waals surface area (Å²) in [6.45, 7) is 5.46. The van der Waals surface area contributed by atoms with Gasteiger partial charge in [0.2, 0.25) is 0 Å². The molecule has 0 spiro atoms. The Morgan fingerprint density at radius 1 is 1.47 bits per heavy atom. The number of rotatable bonds is 2. The molecule has 17 heavy (non-hydrogen) atoms. The fraction of sp³-hybridized carbons (Fsp3) is 0.538. The van der Waals surface area contributed by atoms with Crippen molar-refractivity contribution in [3.8, 4) is 0 Å². The van der Waals surface area contributed by atoms with Crippen molar-refractivity contribution in [2.75, 3.05) is 6.54 Å². The highest BCUT2D eigenvalue weighted by Crippen LogP contribution is 2.37. The maximum absolute atomic E-state index is 6.33. The largest absolute Gasteiger partial charge is 0.326 e. The van der Waals surface area contributed by atoms with Gasteiger partial charge in [-0.2, -0.15) is 0 Å². The van der Waals surface area contributed by atoms with Crippen molar-refractivity contribution in [1.29, 1.82) is 0 Å². The molecular weight excluding hydrogens is 300 g/mol. The number of likely N-dealkylation sites (tertiary alicyclic amines) is 1. The monoisotopic (exact) mass is 316 g/mol. The summed E-state index contributed by atoms with van der Waals surface area (Å²) in [5.41, 5.74) is 7.38. The molecule has 1 aliphatic rings. The zero-order valence-electron chi connectivity index (χ0n) is 10.2. The summed E-state index contributed by atoms with van der Waals surface area (Å²) in [4.78, 5) is 2.43. The Kier molecular flexibility index (Phi) is 4.14. The van der Waals surface area contributed by atoms with Gasteiger partial charge in [-0.3, -0.25) is 4.90 Å². The second-order valence-electron chi connectivity index (χ2n) is 4.89. The highest BCUT2D eigenvalue weighted by molar-refractivity contribution is 9.10. The van der Waals surface area contributed by atoms with Gasteiger partial charge in [0.05, 0.1) is 6.04 Å². The highest BCUT2D eigenvalue weighted by atomic mass is 79.9. The molecule has 1 aromatic carbocycles. The number of benzene rings is 1. The molecule has 2 unspecified atom stereocenters. The molecule has 0 amide bonds. The summed E-state index contributed by atoms with van der Waals surface area (Å²) >= 11 is 9.77. The number of hydrogen-bond acceptors (Lipinski definition) is 2. The van der Waals surface area contributed by atoms with Crippen molar-refractivity contribution in [1.82, 2.24) is 4.90 Å². The zero-order chi connectivity index (χ0) is 12.6. The molecule has 1 aromatic rings. The molecule has 0 bridgehead atoms. The van der Waals surface area contributed by atoms with E-state index in [4.69, 9.17) is 17.3 Å². The summed E-state index contributed by atoms with van der Waals surface area (Å²) < 4.78 is 1.01. The fourth-order valence-electron chi connectivity index (χ4n) is 2.57. The second-order valence-corrected chi connectivity index (χ2v) is 6.22. The maximum atomic E-state index is 6.33. The third kappa shape index (κ3) is 2.68. The summed E-state index contributed by atoms with van der Waals surface area (Å²) in [6, 6.07) is 6.97. The normalized spacial score (nSPS) is 25.8. The third-order valence-electron chi connectivity index (χ3n) is 3.43. The molecule has 1 fully saturated rings. The van der Waals surface area contributed by atoms with E-state index in [0.29, 0.717) is 6.04 Å². The number of hydrogen-bond donors (Lipinski definition) is 1. The first-order valence-electron chi connectivity index (χ1n) is 5.97. The first kappa shape index (κ1) is 13.3. The van der Waals surface area contributed by atoms with Crippen LogP contribution in [-0.4, -0.2) is 23.5 Å². The molecule has 0 aliphatic carbocycles. The number of halogens is 2. The molecule has 94 valence electrons. The van der Waals surface area contributed by atoms with E-state index in [1.54, 1.807) is 0 Å². The lowest BCUT2D eigenvalue weighted by atomic mass is 10.00. The smallest absolute Gasteiger partial charge is 0.0517 e. The van der Waals surface area contributed by atoms with Crippen LogP contribution in [0.2, 0.25) is 5.02 Å². The first-order chi connectivity index (χ1) is 8.00. The Bertz CT molecular complexity index is 408. The van der Waals surface area contributed by atoms with E-state index in [9.17, 15) is 0 Å². The van der Waals surface area contributed by atoms with Gasteiger partial charge in [-0.05, 0) is 38.0 Å². The molecule has 2 rings (SSSR count). The van der Waals surface area contributed by atoms with Crippen LogP contribution in [0.5, 0.6) is 0 Å². The van der Waals surface area contributed by atoms with Crippen molar-refractivity contribution in [3.63, 3.8) is 0 Å². The van der Waals surface area contributed by atoms with Gasteiger partial charge >= 0.3 is 0 Å². The van der Waals surface area contributed by atoms with E-state index in [1.807, 2.05) is 12.1 Å². The Hall–Kier alpha value is -0.0900. The van der Waals surface area contributed by atoms with Crippen LogP contribution in [0, 0.1) is 0 Å². The van der Waals surface area contributed by atoms with Crippen LogP contribution in [0.4, 0.5) is 0 Å². The summed E-state index contributed by atoms with van der Waals surface area (Å²) in [7, 11) is 0. The standard InChI is InChI=1S/C13H18BrClN2/c1-8(2)17-6-5-12(16)13(17)10-4-3-9(14)7-11(10)15/h3-4,7-8,12-13H,5-6,16H2,1-2H3. The maximum Gasteiger partial charge on any atom is 0.0517 e. The molecule has 2 atom stereocenters. The van der Waals surface area contributed by atoms with E-state index in [1.165, 1.54) is 0 Å². The lowest BCUT2D eigenvalue weighted by molar-refractivity contribution is 0.198. The van der Waals surface area contributed by atoms with Crippen molar-refractivity contribution in [2.45, 2.75) is 38.4 Å². The molecule has 2 N–H and O–H groups in total. The zero-order valence-corrected chi connectivity index (χ0v) is 12.5. The Morgan fingerprint density at radius 3 is 2.76 bits per heavy atom. The summed E-state index contributed by atoms with van der Waals surface area (Å²) in [5, 5.41) is 0.798. The fourth-order valence-corrected chi connectivity index (χ4v) is 3.36. The van der Waals surface area contributed by atoms with Crippen LogP contribution in [0.3, 0.4) is 0 Å². The van der Waals surface area contributed by atoms with Crippen molar-refractivity contribution in [3.05, 3.63) is 33.3 Å². The van der Waals surface area contributed by atoms with Crippen LogP contribution < -0.4 is 5.73 Å². The average Bonchev–Trinajstić information content (AvgIpc) is 2.60. The van der Waals surface area contributed by atoms with E-state index in [2.05, 4.69) is 40.7 Å². The predicted octanol–water partition coefficient (Wildman–Crippen LogP) is 3.59. The molecule has 4 heteroatoms. The topological polar surface area (TPSA) is 29.3 Å². The lowest BCUT2D eigenvalue weighted by Crippen LogP contribution is -2.36. The van der Waals surface area contributed by atoms with Gasteiger partial charge in [0, 0.05) is 28.1 Å².